The van der Waals surface area contributed by atoms with Crippen molar-refractivity contribution in [3.63, 3.8) is 0 Å². The lowest BCUT2D eigenvalue weighted by molar-refractivity contribution is 0.103. The van der Waals surface area contributed by atoms with Crippen LogP contribution < -0.4 is 10.2 Å². The zero-order chi connectivity index (χ0) is 14.7. The Bertz CT molecular complexity index is 466. The Hall–Kier alpha value is -1.06. The van der Waals surface area contributed by atoms with E-state index in [1.807, 2.05) is 0 Å². The smallest absolute Gasteiger partial charge is 0.0576 e. The Morgan fingerprint density at radius 2 is 2.19 bits per heavy atom. The van der Waals surface area contributed by atoms with Gasteiger partial charge >= 0.3 is 0 Å². The molecule has 1 atom stereocenters. The second-order valence-electron chi connectivity index (χ2n) is 7.06. The second-order valence-corrected chi connectivity index (χ2v) is 7.06. The van der Waals surface area contributed by atoms with Gasteiger partial charge in [0.25, 0.3) is 0 Å². The third-order valence-corrected chi connectivity index (χ3v) is 4.65. The number of para-hydroxylation sites is 1. The summed E-state index contributed by atoms with van der Waals surface area (Å²) in [6.07, 6.45) is 5.43. The minimum Gasteiger partial charge on any atom is -0.378 e. The van der Waals surface area contributed by atoms with Crippen LogP contribution in [0.1, 0.15) is 45.1 Å². The van der Waals surface area contributed by atoms with Gasteiger partial charge in [0, 0.05) is 37.5 Å². The molecule has 2 aliphatic rings. The molecule has 0 aromatic heterocycles. The lowest BCUT2D eigenvalue weighted by atomic mass is 10.0. The van der Waals surface area contributed by atoms with Crippen LogP contribution in [0.4, 0.5) is 5.69 Å². The predicted molar refractivity (Wildman–Crippen MR) is 87.8 cm³/mol. The van der Waals surface area contributed by atoms with Crippen molar-refractivity contribution >= 4 is 5.69 Å². The molecular weight excluding hydrogens is 260 g/mol. The predicted octanol–water partition coefficient (Wildman–Crippen LogP) is 3.33. The summed E-state index contributed by atoms with van der Waals surface area (Å²) in [4.78, 5) is 2.56. The quantitative estimate of drug-likeness (QED) is 0.919. The Morgan fingerprint density at radius 3 is 3.00 bits per heavy atom. The summed E-state index contributed by atoms with van der Waals surface area (Å²) in [7, 11) is 0. The average molecular weight is 288 g/mol. The van der Waals surface area contributed by atoms with E-state index < -0.39 is 0 Å². The molecule has 21 heavy (non-hydrogen) atoms. The van der Waals surface area contributed by atoms with Crippen molar-refractivity contribution in [2.24, 2.45) is 0 Å². The molecule has 0 spiro atoms. The molecule has 1 fully saturated rings. The van der Waals surface area contributed by atoms with Crippen LogP contribution >= 0.6 is 0 Å². The fraction of sp³-hybridized carbons (Fsp3) is 0.667. The van der Waals surface area contributed by atoms with Crippen LogP contribution in [0.2, 0.25) is 0 Å². The van der Waals surface area contributed by atoms with Gasteiger partial charge in [0.1, 0.15) is 0 Å². The minimum absolute atomic E-state index is 0.156. The van der Waals surface area contributed by atoms with E-state index in [-0.39, 0.29) is 5.54 Å². The highest BCUT2D eigenvalue weighted by atomic mass is 16.5. The number of fused-ring (bicyclic) bond motifs is 1. The summed E-state index contributed by atoms with van der Waals surface area (Å²) in [6, 6.07) is 8.81. The first kappa shape index (κ1) is 14.9. The summed E-state index contributed by atoms with van der Waals surface area (Å²) in [5.41, 5.74) is 2.98. The van der Waals surface area contributed by atoms with Gasteiger partial charge in [-0.25, -0.2) is 0 Å². The molecule has 1 unspecified atom stereocenters. The minimum atomic E-state index is 0.156. The van der Waals surface area contributed by atoms with E-state index in [4.69, 9.17) is 4.74 Å². The molecule has 1 aromatic carbocycles. The fourth-order valence-electron chi connectivity index (χ4n) is 3.50. The van der Waals surface area contributed by atoms with Crippen LogP contribution in [0.15, 0.2) is 24.3 Å². The topological polar surface area (TPSA) is 24.5 Å². The van der Waals surface area contributed by atoms with Crippen molar-refractivity contribution in [3.8, 4) is 0 Å². The number of benzene rings is 1. The second kappa shape index (κ2) is 6.37. The molecule has 0 aliphatic carbocycles. The van der Waals surface area contributed by atoms with Gasteiger partial charge in [-0.05, 0) is 51.2 Å². The number of nitrogens with zero attached hydrogens (tertiary/aromatic N) is 1. The van der Waals surface area contributed by atoms with Crippen molar-refractivity contribution in [3.05, 3.63) is 29.8 Å². The Labute approximate surface area is 128 Å². The number of nitrogens with one attached hydrogen (secondary N) is 1. The molecule has 2 aliphatic heterocycles. The van der Waals surface area contributed by atoms with Crippen molar-refractivity contribution in [2.45, 2.75) is 57.7 Å². The molecule has 116 valence electrons. The molecule has 1 aromatic rings. The van der Waals surface area contributed by atoms with E-state index in [1.54, 1.807) is 0 Å². The van der Waals surface area contributed by atoms with E-state index >= 15 is 0 Å². The van der Waals surface area contributed by atoms with Crippen LogP contribution in [0.3, 0.4) is 0 Å². The first-order valence-corrected chi connectivity index (χ1v) is 8.33. The summed E-state index contributed by atoms with van der Waals surface area (Å²) >= 11 is 0. The monoisotopic (exact) mass is 288 g/mol. The molecule has 3 heteroatoms. The molecule has 1 N–H and O–H groups in total. The maximum atomic E-state index is 5.75. The molecule has 0 bridgehead atoms. The van der Waals surface area contributed by atoms with Gasteiger partial charge in [-0.3, -0.25) is 0 Å². The summed E-state index contributed by atoms with van der Waals surface area (Å²) in [6.45, 7) is 8.72. The molecule has 0 saturated carbocycles. The Morgan fingerprint density at radius 1 is 1.33 bits per heavy atom. The van der Waals surface area contributed by atoms with Crippen molar-refractivity contribution < 1.29 is 4.74 Å². The number of anilines is 1. The van der Waals surface area contributed by atoms with E-state index in [1.165, 1.54) is 36.9 Å². The van der Waals surface area contributed by atoms with Crippen molar-refractivity contribution in [1.82, 2.24) is 5.32 Å². The van der Waals surface area contributed by atoms with E-state index in [9.17, 15) is 0 Å². The molecule has 2 heterocycles. The Kier molecular flexibility index (Phi) is 4.51. The summed E-state index contributed by atoms with van der Waals surface area (Å²) in [5, 5.41) is 3.67. The first-order valence-electron chi connectivity index (χ1n) is 8.33. The number of ether oxygens (including phenoxy) is 1. The summed E-state index contributed by atoms with van der Waals surface area (Å²) in [5.74, 6) is 0. The van der Waals surface area contributed by atoms with Crippen molar-refractivity contribution in [1.29, 1.82) is 0 Å². The van der Waals surface area contributed by atoms with Crippen LogP contribution in [0.25, 0.3) is 0 Å². The van der Waals surface area contributed by atoms with E-state index in [0.717, 1.165) is 26.2 Å². The fourth-order valence-corrected chi connectivity index (χ4v) is 3.50. The molecular formula is C18H28N2O. The normalized spacial score (nSPS) is 24.7. The average Bonchev–Trinajstić information content (AvgIpc) is 2.93. The Balaban J connectivity index is 1.65. The lowest BCUT2D eigenvalue weighted by Crippen LogP contribution is -2.47. The third-order valence-electron chi connectivity index (χ3n) is 4.65. The molecule has 1 saturated heterocycles. The largest absolute Gasteiger partial charge is 0.378 e. The number of hydrogen-bond acceptors (Lipinski definition) is 3. The van der Waals surface area contributed by atoms with Crippen LogP contribution in [-0.4, -0.2) is 31.3 Å². The molecule has 0 amide bonds. The van der Waals surface area contributed by atoms with Gasteiger partial charge < -0.3 is 15.0 Å². The van der Waals surface area contributed by atoms with Gasteiger partial charge in [-0.15, -0.1) is 0 Å². The third kappa shape index (κ3) is 3.78. The van der Waals surface area contributed by atoms with Gasteiger partial charge in [-0.2, -0.15) is 0 Å². The lowest BCUT2D eigenvalue weighted by Gasteiger charge is -2.32. The highest BCUT2D eigenvalue weighted by molar-refractivity contribution is 5.55. The van der Waals surface area contributed by atoms with Crippen LogP contribution in [0, 0.1) is 0 Å². The van der Waals surface area contributed by atoms with Gasteiger partial charge in [-0.1, -0.05) is 18.2 Å². The highest BCUT2D eigenvalue weighted by Gasteiger charge is 2.26. The molecule has 3 nitrogen and oxygen atoms in total. The first-order chi connectivity index (χ1) is 10.1. The molecule has 3 rings (SSSR count). The van der Waals surface area contributed by atoms with Crippen molar-refractivity contribution in [2.75, 3.05) is 24.6 Å². The number of hydrogen-bond donors (Lipinski definition) is 1. The SMILES string of the molecule is CC1(C)CN(CCCC2CCCO2)c2ccccc2CN1. The van der Waals surface area contributed by atoms with E-state index in [2.05, 4.69) is 48.3 Å². The van der Waals surface area contributed by atoms with E-state index in [0.29, 0.717) is 6.10 Å². The maximum absolute atomic E-state index is 5.75. The zero-order valence-corrected chi connectivity index (χ0v) is 13.4. The summed E-state index contributed by atoms with van der Waals surface area (Å²) < 4.78 is 5.75. The van der Waals surface area contributed by atoms with Crippen LogP contribution in [0.5, 0.6) is 0 Å². The number of rotatable bonds is 4. The zero-order valence-electron chi connectivity index (χ0n) is 13.4. The standard InChI is InChI=1S/C18H28N2O/c1-18(2)14-20(11-5-8-16-9-6-12-21-16)17-10-4-3-7-15(17)13-19-18/h3-4,7,10,16,19H,5-6,8-9,11-14H2,1-2H3. The van der Waals surface area contributed by atoms with Gasteiger partial charge in [0.2, 0.25) is 0 Å². The van der Waals surface area contributed by atoms with Gasteiger partial charge in [0.15, 0.2) is 0 Å². The highest BCUT2D eigenvalue weighted by Crippen LogP contribution is 2.27. The van der Waals surface area contributed by atoms with Crippen LogP contribution in [-0.2, 0) is 11.3 Å². The molecule has 0 radical (unpaired) electrons. The van der Waals surface area contributed by atoms with Gasteiger partial charge in [0.05, 0.1) is 6.10 Å². The maximum Gasteiger partial charge on any atom is 0.0576 e.